The summed E-state index contributed by atoms with van der Waals surface area (Å²) in [5.74, 6) is -1.74. The third kappa shape index (κ3) is 4.22. The average molecular weight is 667 g/mol. The van der Waals surface area contributed by atoms with Crippen molar-refractivity contribution in [1.29, 1.82) is 0 Å². The molecule has 0 fully saturated rings. The molecule has 0 aliphatic carbocycles. The summed E-state index contributed by atoms with van der Waals surface area (Å²) in [6, 6.07) is 16.1. The van der Waals surface area contributed by atoms with Gasteiger partial charge in [-0.1, -0.05) is 19.1 Å². The summed E-state index contributed by atoms with van der Waals surface area (Å²) in [5, 5.41) is 10.7. The van der Waals surface area contributed by atoms with Gasteiger partial charge in [0, 0.05) is 67.1 Å². The number of amides is 4. The number of aromatic nitrogens is 2. The normalized spacial score (nSPS) is 16.4. The molecule has 0 saturated carbocycles. The highest BCUT2D eigenvalue weighted by molar-refractivity contribution is 6.30. The van der Waals surface area contributed by atoms with E-state index in [0.29, 0.717) is 67.1 Å². The lowest BCUT2D eigenvalue weighted by Crippen LogP contribution is -2.61. The third-order valence-electron chi connectivity index (χ3n) is 9.87. The van der Waals surface area contributed by atoms with Crippen LogP contribution in [0.1, 0.15) is 68.6 Å². The zero-order valence-electron chi connectivity index (χ0n) is 27.3. The highest BCUT2D eigenvalue weighted by Crippen LogP contribution is 2.39. The van der Waals surface area contributed by atoms with Crippen LogP contribution in [0, 0.1) is 0 Å². The van der Waals surface area contributed by atoms with E-state index in [1.165, 1.54) is 9.80 Å². The van der Waals surface area contributed by atoms with Crippen molar-refractivity contribution in [3.63, 3.8) is 0 Å². The molecule has 5 heterocycles. The Morgan fingerprint density at radius 2 is 1.26 bits per heavy atom. The molecule has 2 aliphatic rings. The first-order chi connectivity index (χ1) is 24.2. The molecule has 4 aromatic carbocycles. The van der Waals surface area contributed by atoms with Gasteiger partial charge >= 0.3 is 0 Å². The van der Waals surface area contributed by atoms with Crippen molar-refractivity contribution in [3.05, 3.63) is 108 Å². The van der Waals surface area contributed by atoms with Crippen LogP contribution in [0.25, 0.3) is 49.2 Å². The minimum Gasteiger partial charge on any atom is -0.464 e. The number of benzene rings is 4. The summed E-state index contributed by atoms with van der Waals surface area (Å²) >= 11 is 0. The van der Waals surface area contributed by atoms with Gasteiger partial charge in [0.2, 0.25) is 0 Å². The number of carbonyl (C=O) groups is 4. The highest BCUT2D eigenvalue weighted by atomic mass is 16.3. The number of imidazole rings is 1. The second-order valence-corrected chi connectivity index (χ2v) is 12.7. The van der Waals surface area contributed by atoms with Gasteiger partial charge in [0.05, 0.1) is 42.9 Å². The summed E-state index contributed by atoms with van der Waals surface area (Å²) in [6.07, 6.45) is 6.72. The van der Waals surface area contributed by atoms with E-state index in [4.69, 9.17) is 8.83 Å². The van der Waals surface area contributed by atoms with E-state index >= 15 is 0 Å². The molecular formula is C38H30N6O6. The largest absolute Gasteiger partial charge is 0.464 e. The molecule has 2 N–H and O–H groups in total. The monoisotopic (exact) mass is 666 g/mol. The maximum absolute atomic E-state index is 14.2. The van der Waals surface area contributed by atoms with Gasteiger partial charge in [-0.2, -0.15) is 0 Å². The SMILES string of the molecule is CCC(NC(C)N1C(=O)c2cccc3c2c(cc2ccoc23)C1=O)NC(C)N1C(=O)c2cc(-n3ccnc3)cc3c2c(cc2ccoc23)C1=O. The van der Waals surface area contributed by atoms with Gasteiger partial charge in [-0.15, -0.1) is 0 Å². The summed E-state index contributed by atoms with van der Waals surface area (Å²) in [4.78, 5) is 62.8. The molecule has 2 aliphatic heterocycles. The van der Waals surface area contributed by atoms with Crippen molar-refractivity contribution in [3.8, 4) is 5.69 Å². The Morgan fingerprint density at radius 3 is 1.84 bits per heavy atom. The Bertz CT molecular complexity index is 2580. The first-order valence-electron chi connectivity index (χ1n) is 16.4. The lowest BCUT2D eigenvalue weighted by molar-refractivity contribution is 0.0473. The molecule has 3 aromatic heterocycles. The molecule has 50 heavy (non-hydrogen) atoms. The van der Waals surface area contributed by atoms with E-state index in [1.807, 2.05) is 19.1 Å². The van der Waals surface area contributed by atoms with E-state index in [1.54, 1.807) is 92.1 Å². The van der Waals surface area contributed by atoms with Gasteiger partial charge in [-0.3, -0.25) is 39.6 Å². The van der Waals surface area contributed by atoms with Gasteiger partial charge in [0.1, 0.15) is 11.2 Å². The fourth-order valence-electron chi connectivity index (χ4n) is 7.55. The van der Waals surface area contributed by atoms with Gasteiger partial charge < -0.3 is 13.4 Å². The minimum absolute atomic E-state index is 0.367. The van der Waals surface area contributed by atoms with Crippen LogP contribution in [0.3, 0.4) is 0 Å². The number of nitrogens with one attached hydrogen (secondary N) is 2. The molecule has 9 rings (SSSR count). The lowest BCUT2D eigenvalue weighted by atomic mass is 9.91. The van der Waals surface area contributed by atoms with Crippen molar-refractivity contribution in [2.45, 2.75) is 45.7 Å². The van der Waals surface area contributed by atoms with Crippen LogP contribution in [0.2, 0.25) is 0 Å². The Labute approximate surface area is 284 Å². The number of furan rings is 2. The van der Waals surface area contributed by atoms with Crippen molar-refractivity contribution in [2.24, 2.45) is 0 Å². The summed E-state index contributed by atoms with van der Waals surface area (Å²) in [7, 11) is 0. The second-order valence-electron chi connectivity index (χ2n) is 12.7. The minimum atomic E-state index is -0.767. The summed E-state index contributed by atoms with van der Waals surface area (Å²) < 4.78 is 13.3. The first kappa shape index (κ1) is 30.0. The zero-order valence-corrected chi connectivity index (χ0v) is 27.3. The highest BCUT2D eigenvalue weighted by Gasteiger charge is 2.40. The fourth-order valence-corrected chi connectivity index (χ4v) is 7.55. The van der Waals surface area contributed by atoms with E-state index < -0.39 is 42.1 Å². The van der Waals surface area contributed by atoms with Crippen LogP contribution in [-0.2, 0) is 0 Å². The van der Waals surface area contributed by atoms with E-state index in [0.717, 1.165) is 10.8 Å². The predicted octanol–water partition coefficient (Wildman–Crippen LogP) is 6.17. The lowest BCUT2D eigenvalue weighted by Gasteiger charge is -2.37. The molecule has 0 spiro atoms. The van der Waals surface area contributed by atoms with Crippen LogP contribution in [0.15, 0.2) is 94.7 Å². The van der Waals surface area contributed by atoms with E-state index in [2.05, 4.69) is 15.6 Å². The van der Waals surface area contributed by atoms with Crippen molar-refractivity contribution in [2.75, 3.05) is 0 Å². The van der Waals surface area contributed by atoms with Gasteiger partial charge in [-0.05, 0) is 62.7 Å². The predicted molar refractivity (Wildman–Crippen MR) is 185 cm³/mol. The van der Waals surface area contributed by atoms with Gasteiger partial charge in [0.25, 0.3) is 23.6 Å². The number of hydrogen-bond donors (Lipinski definition) is 2. The Kier molecular flexibility index (Phi) is 6.57. The number of rotatable bonds is 8. The third-order valence-corrected chi connectivity index (χ3v) is 9.87. The molecule has 3 atom stereocenters. The maximum atomic E-state index is 14.2. The number of fused-ring (bicyclic) bond motifs is 4. The number of nitrogens with zero attached hydrogens (tertiary/aromatic N) is 4. The quantitative estimate of drug-likeness (QED) is 0.144. The van der Waals surface area contributed by atoms with Crippen LogP contribution in [0.4, 0.5) is 0 Å². The smallest absolute Gasteiger partial charge is 0.262 e. The number of imide groups is 2. The topological polar surface area (TPSA) is 143 Å². The fraction of sp³-hybridized carbons (Fsp3) is 0.184. The Morgan fingerprint density at radius 1 is 0.700 bits per heavy atom. The Hall–Kier alpha value is -6.11. The molecule has 12 nitrogen and oxygen atoms in total. The van der Waals surface area contributed by atoms with Crippen LogP contribution in [-0.4, -0.2) is 61.5 Å². The molecule has 3 unspecified atom stereocenters. The average Bonchev–Trinajstić information content (AvgIpc) is 3.91. The molecule has 12 heteroatoms. The molecular weight excluding hydrogens is 636 g/mol. The first-order valence-corrected chi connectivity index (χ1v) is 16.4. The second kappa shape index (κ2) is 11.0. The Balaban J connectivity index is 1.02. The van der Waals surface area contributed by atoms with Crippen molar-refractivity contribution < 1.29 is 28.0 Å². The summed E-state index contributed by atoms with van der Waals surface area (Å²) in [5.41, 5.74) is 3.52. The number of hydrogen-bond acceptors (Lipinski definition) is 9. The summed E-state index contributed by atoms with van der Waals surface area (Å²) in [6.45, 7) is 5.42. The zero-order chi connectivity index (χ0) is 34.4. The molecule has 248 valence electrons. The van der Waals surface area contributed by atoms with Crippen LogP contribution in [0.5, 0.6) is 0 Å². The van der Waals surface area contributed by atoms with Gasteiger partial charge in [-0.25, -0.2) is 4.98 Å². The van der Waals surface area contributed by atoms with Crippen molar-refractivity contribution in [1.82, 2.24) is 30.0 Å². The van der Waals surface area contributed by atoms with Crippen molar-refractivity contribution >= 4 is 67.1 Å². The molecule has 0 saturated heterocycles. The van der Waals surface area contributed by atoms with Gasteiger partial charge in [0.15, 0.2) is 0 Å². The molecule has 0 radical (unpaired) electrons. The van der Waals surface area contributed by atoms with E-state index in [-0.39, 0.29) is 0 Å². The molecule has 7 aromatic rings. The van der Waals surface area contributed by atoms with E-state index in [9.17, 15) is 19.2 Å². The standard InChI is InChI=1S/C38H30N6O6/c1-4-30(40-19(2)43-35(45)25-7-5-6-24-31(25)27(36(43)46)14-21-8-12-49-33(21)24)41-20(3)44-37(47)28-15-22-9-13-50-34(22)26-16-23(42-11-10-39-18-42)17-29(32(26)28)38(44)48/h5-20,30,40-41H,4H2,1-3H3. The maximum Gasteiger partial charge on any atom is 0.262 e. The number of carbonyl (C=O) groups excluding carboxylic acids is 4. The molecule has 0 bridgehead atoms. The van der Waals surface area contributed by atoms with Crippen LogP contribution >= 0.6 is 0 Å². The molecule has 4 amide bonds. The van der Waals surface area contributed by atoms with Crippen LogP contribution < -0.4 is 10.6 Å².